The van der Waals surface area contributed by atoms with Crippen molar-refractivity contribution < 1.29 is 18.8 Å². The van der Waals surface area contributed by atoms with Crippen molar-refractivity contribution in [3.8, 4) is 0 Å². The van der Waals surface area contributed by atoms with Crippen molar-refractivity contribution >= 4 is 28.8 Å². The van der Waals surface area contributed by atoms with Crippen LogP contribution in [-0.2, 0) is 11.2 Å². The predicted molar refractivity (Wildman–Crippen MR) is 100 cm³/mol. The average Bonchev–Trinajstić information content (AvgIpc) is 3.23. The number of hydrogen-bond acceptors (Lipinski definition) is 4. The first-order chi connectivity index (χ1) is 12.9. The fraction of sp³-hybridized carbons (Fsp3) is 0.421. The minimum Gasteiger partial charge on any atom is -0.460 e. The average molecular weight is 372 g/mol. The number of aryl methyl sites for hydroxylation is 1. The largest absolute Gasteiger partial charge is 0.460 e. The molecule has 0 saturated carbocycles. The summed E-state index contributed by atoms with van der Waals surface area (Å²) in [6, 6.07) is 6.25. The summed E-state index contributed by atoms with van der Waals surface area (Å²) >= 11 is 0. The van der Waals surface area contributed by atoms with Gasteiger partial charge in [-0.1, -0.05) is 25.1 Å². The van der Waals surface area contributed by atoms with Crippen molar-refractivity contribution in [3.05, 3.63) is 35.6 Å². The minimum absolute atomic E-state index is 0.197. The molecule has 1 saturated heterocycles. The van der Waals surface area contributed by atoms with E-state index in [0.717, 1.165) is 5.39 Å². The van der Waals surface area contributed by atoms with Crippen molar-refractivity contribution in [3.63, 3.8) is 0 Å². The molecule has 8 nitrogen and oxygen atoms in total. The molecule has 1 aromatic heterocycles. The summed E-state index contributed by atoms with van der Waals surface area (Å²) in [6.45, 7) is 4.37. The third-order valence-corrected chi connectivity index (χ3v) is 4.59. The summed E-state index contributed by atoms with van der Waals surface area (Å²) < 4.78 is 5.78. The van der Waals surface area contributed by atoms with Gasteiger partial charge in [-0.2, -0.15) is 0 Å². The number of furan rings is 1. The van der Waals surface area contributed by atoms with E-state index < -0.39 is 6.04 Å². The SMILES string of the molecule is CCc1oc2ccccc2c1C(=O)N[C@H](C)CN(C)C(=O)[C@H]1CNC(=O)N1. The molecular formula is C19H24N4O4. The Morgan fingerprint density at radius 3 is 2.78 bits per heavy atom. The van der Waals surface area contributed by atoms with Crippen LogP contribution in [0, 0.1) is 0 Å². The smallest absolute Gasteiger partial charge is 0.315 e. The topological polar surface area (TPSA) is 104 Å². The van der Waals surface area contributed by atoms with Crippen LogP contribution in [0.2, 0.25) is 0 Å². The molecule has 0 radical (unpaired) electrons. The molecule has 3 N–H and O–H groups in total. The number of rotatable bonds is 6. The van der Waals surface area contributed by atoms with E-state index in [9.17, 15) is 14.4 Å². The Morgan fingerprint density at radius 2 is 2.11 bits per heavy atom. The molecule has 2 heterocycles. The van der Waals surface area contributed by atoms with Crippen LogP contribution < -0.4 is 16.0 Å². The molecule has 0 spiro atoms. The van der Waals surface area contributed by atoms with E-state index in [1.807, 2.05) is 38.1 Å². The Hall–Kier alpha value is -3.03. The number of carbonyl (C=O) groups excluding carboxylic acids is 3. The van der Waals surface area contributed by atoms with Gasteiger partial charge in [0, 0.05) is 38.0 Å². The lowest BCUT2D eigenvalue weighted by Gasteiger charge is -2.24. The van der Waals surface area contributed by atoms with Gasteiger partial charge in [-0.15, -0.1) is 0 Å². The van der Waals surface area contributed by atoms with Crippen molar-refractivity contribution in [1.29, 1.82) is 0 Å². The number of para-hydroxylation sites is 1. The Kier molecular flexibility index (Phi) is 5.34. The van der Waals surface area contributed by atoms with Crippen molar-refractivity contribution in [1.82, 2.24) is 20.9 Å². The van der Waals surface area contributed by atoms with E-state index >= 15 is 0 Å². The molecule has 0 bridgehead atoms. The van der Waals surface area contributed by atoms with Crippen molar-refractivity contribution in [2.75, 3.05) is 20.1 Å². The first kappa shape index (κ1) is 18.8. The number of likely N-dealkylation sites (N-methyl/N-ethyl adjacent to an activating group) is 1. The van der Waals surface area contributed by atoms with Gasteiger partial charge in [0.1, 0.15) is 17.4 Å². The highest BCUT2D eigenvalue weighted by Crippen LogP contribution is 2.26. The predicted octanol–water partition coefficient (Wildman–Crippen LogP) is 1.25. The Morgan fingerprint density at radius 1 is 1.37 bits per heavy atom. The summed E-state index contributed by atoms with van der Waals surface area (Å²) in [4.78, 5) is 37.9. The molecule has 2 atom stereocenters. The van der Waals surface area contributed by atoms with Gasteiger partial charge in [0.2, 0.25) is 5.91 Å². The van der Waals surface area contributed by atoms with E-state index in [1.54, 1.807) is 7.05 Å². The lowest BCUT2D eigenvalue weighted by molar-refractivity contribution is -0.131. The number of carbonyl (C=O) groups is 3. The maximum Gasteiger partial charge on any atom is 0.315 e. The zero-order valence-electron chi connectivity index (χ0n) is 15.7. The molecule has 4 amide bonds. The molecule has 3 rings (SSSR count). The first-order valence-electron chi connectivity index (χ1n) is 9.01. The van der Waals surface area contributed by atoms with Crippen LogP contribution in [0.1, 0.15) is 30.0 Å². The van der Waals surface area contributed by atoms with Gasteiger partial charge < -0.3 is 25.3 Å². The van der Waals surface area contributed by atoms with Gasteiger partial charge in [0.25, 0.3) is 5.91 Å². The summed E-state index contributed by atoms with van der Waals surface area (Å²) in [5, 5.41) is 8.85. The van der Waals surface area contributed by atoms with Crippen LogP contribution in [0.3, 0.4) is 0 Å². The monoisotopic (exact) mass is 372 g/mol. The molecule has 27 heavy (non-hydrogen) atoms. The highest BCUT2D eigenvalue weighted by molar-refractivity contribution is 6.07. The van der Waals surface area contributed by atoms with E-state index in [4.69, 9.17) is 4.42 Å². The highest BCUT2D eigenvalue weighted by Gasteiger charge is 2.30. The molecule has 0 aliphatic carbocycles. The van der Waals surface area contributed by atoms with E-state index in [1.165, 1.54) is 4.90 Å². The standard InChI is InChI=1S/C19H24N4O4/c1-4-14-16(12-7-5-6-8-15(12)27-14)17(24)21-11(2)10-23(3)18(25)13-9-20-19(26)22-13/h5-8,11,13H,4,9-10H2,1-3H3,(H,21,24)(H2,20,22,26)/t11-,13-/m1/s1. The normalized spacial score (nSPS) is 17.3. The lowest BCUT2D eigenvalue weighted by Crippen LogP contribution is -2.48. The molecule has 144 valence electrons. The number of nitrogens with one attached hydrogen (secondary N) is 3. The molecule has 8 heteroatoms. The molecular weight excluding hydrogens is 348 g/mol. The Labute approximate surface area is 157 Å². The summed E-state index contributed by atoms with van der Waals surface area (Å²) in [5.74, 6) is 0.225. The van der Waals surface area contributed by atoms with Crippen LogP contribution in [0.5, 0.6) is 0 Å². The summed E-state index contributed by atoms with van der Waals surface area (Å²) in [7, 11) is 1.65. The Bertz CT molecular complexity index is 876. The number of urea groups is 1. The van der Waals surface area contributed by atoms with E-state index in [-0.39, 0.29) is 30.4 Å². The second-order valence-corrected chi connectivity index (χ2v) is 6.75. The Balaban J connectivity index is 1.66. The number of fused-ring (bicyclic) bond motifs is 1. The third kappa shape index (κ3) is 3.89. The molecule has 2 aromatic rings. The highest BCUT2D eigenvalue weighted by atomic mass is 16.3. The molecule has 1 aromatic carbocycles. The summed E-state index contributed by atoms with van der Waals surface area (Å²) in [6.07, 6.45) is 0.610. The van der Waals surface area contributed by atoms with Gasteiger partial charge in [-0.3, -0.25) is 9.59 Å². The van der Waals surface area contributed by atoms with Crippen LogP contribution in [0.4, 0.5) is 4.79 Å². The van der Waals surface area contributed by atoms with Crippen LogP contribution >= 0.6 is 0 Å². The van der Waals surface area contributed by atoms with Crippen LogP contribution in [0.15, 0.2) is 28.7 Å². The zero-order valence-corrected chi connectivity index (χ0v) is 15.7. The minimum atomic E-state index is -0.574. The third-order valence-electron chi connectivity index (χ3n) is 4.59. The second kappa shape index (κ2) is 7.69. The summed E-state index contributed by atoms with van der Waals surface area (Å²) in [5.41, 5.74) is 1.23. The maximum absolute atomic E-state index is 12.8. The molecule has 1 fully saturated rings. The quantitative estimate of drug-likeness (QED) is 0.710. The van der Waals surface area contributed by atoms with E-state index in [2.05, 4.69) is 16.0 Å². The molecule has 1 aliphatic heterocycles. The number of hydrogen-bond donors (Lipinski definition) is 3. The van der Waals surface area contributed by atoms with Gasteiger partial charge in [0.05, 0.1) is 5.56 Å². The fourth-order valence-electron chi connectivity index (χ4n) is 3.31. The first-order valence-corrected chi connectivity index (χ1v) is 9.01. The number of amides is 4. The fourth-order valence-corrected chi connectivity index (χ4v) is 3.31. The van der Waals surface area contributed by atoms with E-state index in [0.29, 0.717) is 29.9 Å². The molecule has 1 aliphatic rings. The van der Waals surface area contributed by atoms with Gasteiger partial charge in [-0.25, -0.2) is 4.79 Å². The van der Waals surface area contributed by atoms with Crippen LogP contribution in [-0.4, -0.2) is 55.0 Å². The number of benzene rings is 1. The molecule has 0 unspecified atom stereocenters. The van der Waals surface area contributed by atoms with Gasteiger partial charge in [-0.05, 0) is 13.0 Å². The van der Waals surface area contributed by atoms with Gasteiger partial charge in [0.15, 0.2) is 0 Å². The van der Waals surface area contributed by atoms with Crippen molar-refractivity contribution in [2.45, 2.75) is 32.4 Å². The van der Waals surface area contributed by atoms with Crippen LogP contribution in [0.25, 0.3) is 11.0 Å². The number of nitrogens with zero attached hydrogens (tertiary/aromatic N) is 1. The zero-order chi connectivity index (χ0) is 19.6. The lowest BCUT2D eigenvalue weighted by atomic mass is 10.1. The second-order valence-electron chi connectivity index (χ2n) is 6.75. The van der Waals surface area contributed by atoms with Gasteiger partial charge >= 0.3 is 6.03 Å². The van der Waals surface area contributed by atoms with Crippen molar-refractivity contribution in [2.24, 2.45) is 0 Å². The maximum atomic E-state index is 12.8.